The van der Waals surface area contributed by atoms with Gasteiger partial charge in [0.05, 0.1) is 0 Å². The number of ether oxygens (including phenoxy) is 3. The third kappa shape index (κ3) is 4.64. The number of benzene rings is 2. The van der Waals surface area contributed by atoms with E-state index in [1.165, 1.54) is 12.1 Å². The fourth-order valence-electron chi connectivity index (χ4n) is 3.95. The van der Waals surface area contributed by atoms with Gasteiger partial charge in [-0.05, 0) is 61.8 Å². The molecule has 0 aliphatic carbocycles. The van der Waals surface area contributed by atoms with E-state index in [1.807, 2.05) is 18.2 Å². The summed E-state index contributed by atoms with van der Waals surface area (Å²) in [5.74, 6) is 2.46. The van der Waals surface area contributed by atoms with E-state index in [4.69, 9.17) is 14.0 Å². The van der Waals surface area contributed by atoms with Crippen molar-refractivity contribution in [3.63, 3.8) is 0 Å². The number of hydrogen-bond donors (Lipinski definition) is 0. The summed E-state index contributed by atoms with van der Waals surface area (Å²) < 4.78 is 57.0. The number of hydrogen-bond acceptors (Lipinski definition) is 7. The van der Waals surface area contributed by atoms with Crippen molar-refractivity contribution in [1.29, 1.82) is 0 Å². The Morgan fingerprint density at radius 3 is 2.50 bits per heavy atom. The van der Waals surface area contributed by atoms with Crippen molar-refractivity contribution in [3.05, 3.63) is 53.9 Å². The van der Waals surface area contributed by atoms with Gasteiger partial charge in [-0.15, -0.1) is 13.2 Å². The molecule has 1 aromatic heterocycles. The molecule has 0 spiro atoms. The number of fused-ring (bicyclic) bond motifs is 1. The van der Waals surface area contributed by atoms with Crippen molar-refractivity contribution in [3.8, 4) is 28.6 Å². The number of nitrogens with zero attached hydrogens (tertiary/aromatic N) is 3. The molecule has 5 rings (SSSR count). The molecule has 0 radical (unpaired) electrons. The summed E-state index contributed by atoms with van der Waals surface area (Å²) in [6, 6.07) is 11.5. The normalized spacial score (nSPS) is 17.0. The second kappa shape index (κ2) is 8.34. The maximum absolute atomic E-state index is 12.3. The van der Waals surface area contributed by atoms with Crippen molar-refractivity contribution in [2.45, 2.75) is 31.7 Å². The Hall–Kier alpha value is -3.27. The molecule has 168 valence electrons. The van der Waals surface area contributed by atoms with E-state index in [-0.39, 0.29) is 18.5 Å². The van der Waals surface area contributed by atoms with Gasteiger partial charge >= 0.3 is 6.36 Å². The predicted octanol–water partition coefficient (Wildman–Crippen LogP) is 4.74. The first-order valence-corrected chi connectivity index (χ1v) is 10.2. The lowest BCUT2D eigenvalue weighted by atomic mass is 9.96. The van der Waals surface area contributed by atoms with Crippen LogP contribution in [0.1, 0.15) is 30.2 Å². The van der Waals surface area contributed by atoms with Gasteiger partial charge in [-0.1, -0.05) is 17.3 Å². The summed E-state index contributed by atoms with van der Waals surface area (Å²) in [6.07, 6.45) is -2.96. The molecule has 10 heteroatoms. The first-order chi connectivity index (χ1) is 15.4. The van der Waals surface area contributed by atoms with E-state index in [2.05, 4.69) is 19.8 Å². The van der Waals surface area contributed by atoms with Gasteiger partial charge in [0.2, 0.25) is 18.5 Å². The SMILES string of the molecule is FC(F)(F)Oc1ccc(CN2CCC(c3nc(-c4ccc5c(c4)OCO5)no3)CC2)cc1. The number of rotatable bonds is 5. The van der Waals surface area contributed by atoms with Crippen molar-refractivity contribution in [2.24, 2.45) is 0 Å². The van der Waals surface area contributed by atoms with E-state index >= 15 is 0 Å². The van der Waals surface area contributed by atoms with Crippen LogP contribution in [0.25, 0.3) is 11.4 Å². The number of aromatic nitrogens is 2. The summed E-state index contributed by atoms with van der Waals surface area (Å²) in [4.78, 5) is 6.83. The quantitative estimate of drug-likeness (QED) is 0.559. The fraction of sp³-hybridized carbons (Fsp3) is 0.364. The second-order valence-corrected chi connectivity index (χ2v) is 7.77. The molecule has 32 heavy (non-hydrogen) atoms. The molecule has 1 fully saturated rings. The Morgan fingerprint density at radius 1 is 1.00 bits per heavy atom. The maximum Gasteiger partial charge on any atom is 0.573 e. The monoisotopic (exact) mass is 447 g/mol. The number of likely N-dealkylation sites (tertiary alicyclic amines) is 1. The zero-order valence-corrected chi connectivity index (χ0v) is 17.0. The Morgan fingerprint density at radius 2 is 1.75 bits per heavy atom. The van der Waals surface area contributed by atoms with Crippen LogP contribution in [0, 0.1) is 0 Å². The van der Waals surface area contributed by atoms with Gasteiger partial charge in [0, 0.05) is 18.0 Å². The summed E-state index contributed by atoms with van der Waals surface area (Å²) in [5, 5.41) is 4.12. The highest BCUT2D eigenvalue weighted by Gasteiger charge is 2.31. The second-order valence-electron chi connectivity index (χ2n) is 7.77. The molecule has 0 bridgehead atoms. The van der Waals surface area contributed by atoms with Crippen molar-refractivity contribution in [1.82, 2.24) is 15.0 Å². The van der Waals surface area contributed by atoms with Gasteiger partial charge in [0.25, 0.3) is 0 Å². The highest BCUT2D eigenvalue weighted by molar-refractivity contribution is 5.61. The van der Waals surface area contributed by atoms with Crippen LogP contribution in [-0.2, 0) is 6.54 Å². The van der Waals surface area contributed by atoms with Crippen LogP contribution in [0.15, 0.2) is 47.0 Å². The Labute approximate surface area is 181 Å². The van der Waals surface area contributed by atoms with E-state index in [0.29, 0.717) is 29.8 Å². The molecule has 3 heterocycles. The highest BCUT2D eigenvalue weighted by Crippen LogP contribution is 2.36. The molecule has 0 amide bonds. The van der Waals surface area contributed by atoms with Crippen LogP contribution in [0.3, 0.4) is 0 Å². The Balaban J connectivity index is 1.16. The average Bonchev–Trinajstić information content (AvgIpc) is 3.44. The minimum absolute atomic E-state index is 0.170. The van der Waals surface area contributed by atoms with Gasteiger partial charge < -0.3 is 18.7 Å². The number of piperidine rings is 1. The fourth-order valence-corrected chi connectivity index (χ4v) is 3.95. The topological polar surface area (TPSA) is 69.9 Å². The minimum atomic E-state index is -4.68. The summed E-state index contributed by atoms with van der Waals surface area (Å²) in [5.41, 5.74) is 1.74. The zero-order valence-electron chi connectivity index (χ0n) is 17.0. The van der Waals surface area contributed by atoms with E-state index in [0.717, 1.165) is 37.1 Å². The first-order valence-electron chi connectivity index (χ1n) is 10.2. The molecule has 0 unspecified atom stereocenters. The standard InChI is InChI=1S/C22H20F3N3O4/c23-22(24,25)31-17-4-1-14(2-5-17)12-28-9-7-15(8-10-28)21-26-20(27-32-21)16-3-6-18-19(11-16)30-13-29-18/h1-6,11,15H,7-10,12-13H2. The molecule has 3 aromatic rings. The lowest BCUT2D eigenvalue weighted by molar-refractivity contribution is -0.274. The molecule has 2 aromatic carbocycles. The van der Waals surface area contributed by atoms with Gasteiger partial charge in [-0.25, -0.2) is 0 Å². The predicted molar refractivity (Wildman–Crippen MR) is 106 cm³/mol. The molecular weight excluding hydrogens is 427 g/mol. The van der Waals surface area contributed by atoms with Crippen LogP contribution in [0.2, 0.25) is 0 Å². The largest absolute Gasteiger partial charge is 0.573 e. The Kier molecular flexibility index (Phi) is 5.38. The lowest BCUT2D eigenvalue weighted by Gasteiger charge is -2.30. The van der Waals surface area contributed by atoms with Crippen LogP contribution in [0.4, 0.5) is 13.2 Å². The molecule has 0 N–H and O–H groups in total. The molecule has 2 aliphatic heterocycles. The van der Waals surface area contributed by atoms with E-state index in [1.54, 1.807) is 12.1 Å². The van der Waals surface area contributed by atoms with Crippen molar-refractivity contribution < 1.29 is 31.9 Å². The molecule has 2 aliphatic rings. The summed E-state index contributed by atoms with van der Waals surface area (Å²) in [7, 11) is 0. The van der Waals surface area contributed by atoms with Crippen molar-refractivity contribution >= 4 is 0 Å². The smallest absolute Gasteiger partial charge is 0.454 e. The van der Waals surface area contributed by atoms with E-state index < -0.39 is 6.36 Å². The maximum atomic E-state index is 12.3. The Bertz CT molecular complexity index is 1080. The van der Waals surface area contributed by atoms with Crippen LogP contribution >= 0.6 is 0 Å². The van der Waals surface area contributed by atoms with Gasteiger partial charge in [0.1, 0.15) is 5.75 Å². The molecule has 0 saturated carbocycles. The zero-order chi connectivity index (χ0) is 22.1. The van der Waals surface area contributed by atoms with Crippen LogP contribution in [0.5, 0.6) is 17.2 Å². The minimum Gasteiger partial charge on any atom is -0.454 e. The number of halogens is 3. The van der Waals surface area contributed by atoms with Gasteiger partial charge in [0.15, 0.2) is 11.5 Å². The average molecular weight is 447 g/mol. The van der Waals surface area contributed by atoms with Crippen molar-refractivity contribution in [2.75, 3.05) is 19.9 Å². The third-order valence-corrected chi connectivity index (χ3v) is 5.57. The molecule has 0 atom stereocenters. The summed E-state index contributed by atoms with van der Waals surface area (Å²) >= 11 is 0. The molecule has 1 saturated heterocycles. The van der Waals surface area contributed by atoms with E-state index in [9.17, 15) is 13.2 Å². The van der Waals surface area contributed by atoms with Crippen LogP contribution < -0.4 is 14.2 Å². The number of alkyl halides is 3. The van der Waals surface area contributed by atoms with Gasteiger partial charge in [-0.2, -0.15) is 4.98 Å². The van der Waals surface area contributed by atoms with Gasteiger partial charge in [-0.3, -0.25) is 4.90 Å². The first kappa shape index (κ1) is 20.6. The summed E-state index contributed by atoms with van der Waals surface area (Å²) in [6.45, 7) is 2.52. The molecule has 7 nitrogen and oxygen atoms in total. The highest BCUT2D eigenvalue weighted by atomic mass is 19.4. The third-order valence-electron chi connectivity index (χ3n) is 5.57. The lowest BCUT2D eigenvalue weighted by Crippen LogP contribution is -2.32. The molecular formula is C22H20F3N3O4. The van der Waals surface area contributed by atoms with Crippen LogP contribution in [-0.4, -0.2) is 41.3 Å².